The molecule has 0 radical (unpaired) electrons. The minimum Gasteiger partial charge on any atom is -0.451 e. The Morgan fingerprint density at radius 1 is 1.24 bits per heavy atom. The molecular formula is C14H9N3O4. The summed E-state index contributed by atoms with van der Waals surface area (Å²) in [6.07, 6.45) is 1.08. The van der Waals surface area contributed by atoms with Gasteiger partial charge in [-0.25, -0.2) is 4.98 Å². The van der Waals surface area contributed by atoms with E-state index in [0.29, 0.717) is 5.58 Å². The van der Waals surface area contributed by atoms with E-state index < -0.39 is 10.8 Å². The number of rotatable bonds is 3. The maximum Gasteiger partial charge on any atom is 0.292 e. The second-order valence-electron chi connectivity index (χ2n) is 4.26. The van der Waals surface area contributed by atoms with Gasteiger partial charge in [-0.2, -0.15) is 0 Å². The van der Waals surface area contributed by atoms with Gasteiger partial charge in [0, 0.05) is 11.5 Å². The highest BCUT2D eigenvalue weighted by Crippen LogP contribution is 2.20. The van der Waals surface area contributed by atoms with Crippen LogP contribution in [0.3, 0.4) is 0 Å². The van der Waals surface area contributed by atoms with E-state index in [-0.39, 0.29) is 17.3 Å². The Hall–Kier alpha value is -3.22. The third kappa shape index (κ3) is 2.57. The second kappa shape index (κ2) is 5.04. The van der Waals surface area contributed by atoms with Gasteiger partial charge in [0.2, 0.25) is 0 Å². The maximum absolute atomic E-state index is 12.0. The minimum atomic E-state index is -0.558. The molecule has 0 unspecified atom stereocenters. The first-order chi connectivity index (χ1) is 10.1. The molecule has 3 aromatic rings. The first-order valence-electron chi connectivity index (χ1n) is 6.04. The number of pyridine rings is 1. The Labute approximate surface area is 118 Å². The molecule has 0 saturated carbocycles. The number of hydrogen-bond acceptors (Lipinski definition) is 5. The first kappa shape index (κ1) is 12.8. The lowest BCUT2D eigenvalue weighted by Crippen LogP contribution is -2.11. The van der Waals surface area contributed by atoms with Crippen LogP contribution in [-0.4, -0.2) is 15.8 Å². The number of nitrogens with zero attached hydrogens (tertiary/aromatic N) is 2. The summed E-state index contributed by atoms with van der Waals surface area (Å²) in [4.78, 5) is 25.8. The number of carbonyl (C=O) groups is 1. The zero-order valence-electron chi connectivity index (χ0n) is 10.6. The number of furan rings is 1. The molecular weight excluding hydrogens is 274 g/mol. The molecule has 1 aromatic carbocycles. The molecule has 0 fully saturated rings. The van der Waals surface area contributed by atoms with Crippen LogP contribution in [0.4, 0.5) is 11.5 Å². The van der Waals surface area contributed by atoms with Gasteiger partial charge in [-0.3, -0.25) is 14.9 Å². The molecule has 7 heteroatoms. The van der Waals surface area contributed by atoms with Crippen molar-refractivity contribution in [3.05, 3.63) is 64.5 Å². The van der Waals surface area contributed by atoms with Crippen molar-refractivity contribution in [3.63, 3.8) is 0 Å². The predicted molar refractivity (Wildman–Crippen MR) is 75.1 cm³/mol. The number of anilines is 1. The largest absolute Gasteiger partial charge is 0.451 e. The first-order valence-corrected chi connectivity index (χ1v) is 6.04. The molecule has 0 bridgehead atoms. The summed E-state index contributed by atoms with van der Waals surface area (Å²) in [6, 6.07) is 11.5. The second-order valence-corrected chi connectivity index (χ2v) is 4.26. The number of amides is 1. The van der Waals surface area contributed by atoms with E-state index in [2.05, 4.69) is 10.3 Å². The summed E-state index contributed by atoms with van der Waals surface area (Å²) in [5.41, 5.74) is 0.469. The van der Waals surface area contributed by atoms with E-state index in [1.807, 2.05) is 18.2 Å². The number of aromatic nitrogens is 1. The van der Waals surface area contributed by atoms with Gasteiger partial charge in [0.25, 0.3) is 11.6 Å². The van der Waals surface area contributed by atoms with Crippen LogP contribution in [0, 0.1) is 10.1 Å². The van der Waals surface area contributed by atoms with Gasteiger partial charge < -0.3 is 9.73 Å². The van der Waals surface area contributed by atoms with E-state index in [4.69, 9.17) is 4.42 Å². The smallest absolute Gasteiger partial charge is 0.292 e. The monoisotopic (exact) mass is 283 g/mol. The van der Waals surface area contributed by atoms with Crippen LogP contribution < -0.4 is 5.32 Å². The van der Waals surface area contributed by atoms with E-state index in [1.54, 1.807) is 12.1 Å². The molecule has 0 aliphatic rings. The van der Waals surface area contributed by atoms with Crippen molar-refractivity contribution in [2.75, 3.05) is 5.32 Å². The summed E-state index contributed by atoms with van der Waals surface area (Å²) in [6.45, 7) is 0. The molecule has 0 spiro atoms. The van der Waals surface area contributed by atoms with Crippen LogP contribution in [0.5, 0.6) is 0 Å². The van der Waals surface area contributed by atoms with Crippen molar-refractivity contribution >= 4 is 28.4 Å². The maximum atomic E-state index is 12.0. The molecule has 0 aliphatic carbocycles. The lowest BCUT2D eigenvalue weighted by molar-refractivity contribution is -0.385. The molecule has 7 nitrogen and oxygen atoms in total. The number of hydrogen-bond donors (Lipinski definition) is 1. The number of nitro groups is 1. The normalized spacial score (nSPS) is 10.5. The van der Waals surface area contributed by atoms with Crippen molar-refractivity contribution in [1.29, 1.82) is 0 Å². The summed E-state index contributed by atoms with van der Waals surface area (Å²) in [5, 5.41) is 13.9. The van der Waals surface area contributed by atoms with Crippen LogP contribution in [0.1, 0.15) is 10.6 Å². The Morgan fingerprint density at radius 3 is 2.71 bits per heavy atom. The molecule has 0 saturated heterocycles. The zero-order valence-corrected chi connectivity index (χ0v) is 10.6. The van der Waals surface area contributed by atoms with Gasteiger partial charge in [-0.1, -0.05) is 18.2 Å². The van der Waals surface area contributed by atoms with Gasteiger partial charge >= 0.3 is 0 Å². The number of nitrogens with one attached hydrogen (secondary N) is 1. The number of carbonyl (C=O) groups excluding carboxylic acids is 1. The van der Waals surface area contributed by atoms with E-state index in [1.165, 1.54) is 12.1 Å². The van der Waals surface area contributed by atoms with Gasteiger partial charge in [0.15, 0.2) is 5.76 Å². The molecule has 3 rings (SSSR count). The number of para-hydroxylation sites is 1. The summed E-state index contributed by atoms with van der Waals surface area (Å²) < 4.78 is 5.42. The van der Waals surface area contributed by atoms with E-state index in [9.17, 15) is 14.9 Å². The van der Waals surface area contributed by atoms with Gasteiger partial charge in [-0.05, 0) is 18.2 Å². The van der Waals surface area contributed by atoms with Gasteiger partial charge in [0.05, 0.1) is 4.92 Å². The molecule has 0 atom stereocenters. The van der Waals surface area contributed by atoms with Crippen molar-refractivity contribution in [3.8, 4) is 0 Å². The van der Waals surface area contributed by atoms with Crippen molar-refractivity contribution in [2.24, 2.45) is 0 Å². The van der Waals surface area contributed by atoms with Crippen LogP contribution >= 0.6 is 0 Å². The fraction of sp³-hybridized carbons (Fsp3) is 0. The molecule has 2 heterocycles. The fourth-order valence-electron chi connectivity index (χ4n) is 1.84. The van der Waals surface area contributed by atoms with E-state index in [0.717, 1.165) is 11.6 Å². The van der Waals surface area contributed by atoms with Crippen molar-refractivity contribution in [1.82, 2.24) is 4.98 Å². The van der Waals surface area contributed by atoms with Crippen LogP contribution in [0.2, 0.25) is 0 Å². The standard InChI is InChI=1S/C14H9N3O4/c18-14(12-7-9-3-1-2-4-11(9)21-12)16-13-6-5-10(8-15-13)17(19)20/h1-8H,(H,15,16,18). The van der Waals surface area contributed by atoms with Crippen molar-refractivity contribution in [2.45, 2.75) is 0 Å². The van der Waals surface area contributed by atoms with Crippen LogP contribution in [-0.2, 0) is 0 Å². The Morgan fingerprint density at radius 2 is 2.05 bits per heavy atom. The lowest BCUT2D eigenvalue weighted by Gasteiger charge is -2.01. The number of fused-ring (bicyclic) bond motifs is 1. The summed E-state index contributed by atoms with van der Waals surface area (Å²) in [7, 11) is 0. The van der Waals surface area contributed by atoms with E-state index >= 15 is 0 Å². The highest BCUT2D eigenvalue weighted by atomic mass is 16.6. The topological polar surface area (TPSA) is 98.3 Å². The summed E-state index contributed by atoms with van der Waals surface area (Å²) in [5.74, 6) is -0.102. The van der Waals surface area contributed by atoms with Gasteiger partial charge in [-0.15, -0.1) is 0 Å². The Bertz CT molecular complexity index is 791. The highest BCUT2D eigenvalue weighted by molar-refractivity contribution is 6.04. The summed E-state index contributed by atoms with van der Waals surface area (Å²) >= 11 is 0. The molecule has 1 N–H and O–H groups in total. The number of benzene rings is 1. The fourth-order valence-corrected chi connectivity index (χ4v) is 1.84. The zero-order chi connectivity index (χ0) is 14.8. The molecule has 0 aliphatic heterocycles. The molecule has 1 amide bonds. The predicted octanol–water partition coefficient (Wildman–Crippen LogP) is 2.99. The Kier molecular flexibility index (Phi) is 3.07. The molecule has 21 heavy (non-hydrogen) atoms. The molecule has 2 aromatic heterocycles. The third-order valence-corrected chi connectivity index (χ3v) is 2.85. The molecule has 104 valence electrons. The van der Waals surface area contributed by atoms with Crippen LogP contribution in [0.25, 0.3) is 11.0 Å². The SMILES string of the molecule is O=C(Nc1ccc([N+](=O)[O-])cn1)c1cc2ccccc2o1. The lowest BCUT2D eigenvalue weighted by atomic mass is 10.2. The van der Waals surface area contributed by atoms with Crippen molar-refractivity contribution < 1.29 is 14.1 Å². The third-order valence-electron chi connectivity index (χ3n) is 2.85. The average molecular weight is 283 g/mol. The minimum absolute atomic E-state index is 0.142. The van der Waals surface area contributed by atoms with Gasteiger partial charge in [0.1, 0.15) is 17.6 Å². The average Bonchev–Trinajstić information content (AvgIpc) is 2.92. The highest BCUT2D eigenvalue weighted by Gasteiger charge is 2.13. The Balaban J connectivity index is 1.80. The quantitative estimate of drug-likeness (QED) is 0.588. The van der Waals surface area contributed by atoms with Crippen LogP contribution in [0.15, 0.2) is 53.1 Å².